The molecule has 0 saturated heterocycles. The van der Waals surface area contributed by atoms with Crippen LogP contribution in [-0.2, 0) is 69.0 Å². The molecule has 0 aliphatic carbocycles. The molecule has 0 aromatic rings. The summed E-state index contributed by atoms with van der Waals surface area (Å²) in [7, 11) is 0. The number of rotatable bonds is 2. The van der Waals surface area contributed by atoms with Crippen LogP contribution in [0.25, 0.3) is 0 Å². The van der Waals surface area contributed by atoms with Crippen LogP contribution in [0.5, 0.6) is 0 Å². The molecule has 0 bridgehead atoms. The Hall–Kier alpha value is 1.82. The van der Waals surface area contributed by atoms with Crippen LogP contribution < -0.4 is 5.73 Å². The smallest absolute Gasteiger partial charge is 0 e. The van der Waals surface area contributed by atoms with Crippen LogP contribution in [-0.4, -0.2) is 8.25 Å². The minimum Gasteiger partial charge on any atom is 0 e. The first-order chi connectivity index (χ1) is 3.63. The molecule has 0 unspecified atom stereocenters. The molecule has 4 heteroatoms. The largest absolute Gasteiger partial charge is 0 e. The van der Waals surface area contributed by atoms with Gasteiger partial charge in [-0.3, -0.25) is 0 Å². The van der Waals surface area contributed by atoms with E-state index in [1.54, 1.807) is 6.08 Å². The molecule has 0 aromatic heterocycles. The molecular formula is C5H6NVWY-. The van der Waals surface area contributed by atoms with Gasteiger partial charge in [-0.25, -0.2) is 0 Å². The summed E-state index contributed by atoms with van der Waals surface area (Å²) in [5, 5.41) is 0. The van der Waals surface area contributed by atoms with Gasteiger partial charge in [-0.05, 0) is 0 Å². The maximum atomic E-state index is 5.36. The fraction of sp³-hybridized carbons (Fsp3) is 0.200. The normalized spacial score (nSPS) is 8.56. The molecule has 0 amide bonds. The quantitative estimate of drug-likeness (QED) is 0.631. The number of nitrogens with two attached hydrogens (primary N) is 1. The van der Waals surface area contributed by atoms with E-state index < -0.39 is 0 Å². The van der Waals surface area contributed by atoms with Gasteiger partial charge in [-0.2, -0.15) is 0 Å². The van der Waals surface area contributed by atoms with Crippen molar-refractivity contribution in [2.75, 3.05) is 0 Å². The molecule has 2 N–H and O–H groups in total. The SMILES string of the molecule is C[C](=[V])[C-]=C[C](N)=[W].[Y]. The van der Waals surface area contributed by atoms with Crippen molar-refractivity contribution in [3.8, 4) is 0 Å². The fourth-order valence-corrected chi connectivity index (χ4v) is 0.488. The second kappa shape index (κ2) is 7.92. The van der Waals surface area contributed by atoms with Crippen molar-refractivity contribution >= 4 is 8.25 Å². The predicted octanol–water partition coefficient (Wildman–Crippen LogP) is -0.282. The first-order valence-electron chi connectivity index (χ1n) is 2.04. The third-order valence-electron chi connectivity index (χ3n) is 0.423. The van der Waals surface area contributed by atoms with Crippen LogP contribution in [0.15, 0.2) is 6.08 Å². The van der Waals surface area contributed by atoms with Gasteiger partial charge in [0.2, 0.25) is 0 Å². The molecule has 9 heavy (non-hydrogen) atoms. The van der Waals surface area contributed by atoms with Crippen molar-refractivity contribution in [2.45, 2.75) is 6.92 Å². The molecule has 0 aliphatic heterocycles. The third kappa shape index (κ3) is 12.9. The van der Waals surface area contributed by atoms with Crippen LogP contribution in [0.3, 0.4) is 0 Å². The predicted molar refractivity (Wildman–Crippen MR) is 27.7 cm³/mol. The van der Waals surface area contributed by atoms with Gasteiger partial charge < -0.3 is 0 Å². The summed E-state index contributed by atoms with van der Waals surface area (Å²) in [4.78, 5) is 0. The van der Waals surface area contributed by atoms with Crippen molar-refractivity contribution in [3.63, 3.8) is 0 Å². The van der Waals surface area contributed by atoms with Gasteiger partial charge in [-0.15, -0.1) is 0 Å². The minimum atomic E-state index is 0. The molecule has 0 spiro atoms. The van der Waals surface area contributed by atoms with E-state index in [-0.39, 0.29) is 32.7 Å². The van der Waals surface area contributed by atoms with E-state index in [1.165, 1.54) is 19.4 Å². The van der Waals surface area contributed by atoms with Gasteiger partial charge >= 0.3 is 69.4 Å². The summed E-state index contributed by atoms with van der Waals surface area (Å²) in [6, 6.07) is 0. The number of hydrogen-bond acceptors (Lipinski definition) is 1. The van der Waals surface area contributed by atoms with Crippen molar-refractivity contribution in [2.24, 2.45) is 5.73 Å². The van der Waals surface area contributed by atoms with E-state index in [0.29, 0.717) is 0 Å². The van der Waals surface area contributed by atoms with Crippen LogP contribution in [0.1, 0.15) is 6.92 Å². The van der Waals surface area contributed by atoms with E-state index in [1.807, 2.05) is 6.92 Å². The summed E-state index contributed by atoms with van der Waals surface area (Å²) >= 11 is 3.70. The van der Waals surface area contributed by atoms with Crippen LogP contribution >= 0.6 is 0 Å². The average molecular weight is 404 g/mol. The fourth-order valence-electron chi connectivity index (χ4n) is 0.176. The Balaban J connectivity index is 0. The molecule has 1 radical (unpaired) electrons. The van der Waals surface area contributed by atoms with E-state index in [9.17, 15) is 0 Å². The first-order valence-corrected chi connectivity index (χ1v) is 4.21. The van der Waals surface area contributed by atoms with Gasteiger partial charge in [0.05, 0.1) is 0 Å². The maximum absolute atomic E-state index is 5.36. The van der Waals surface area contributed by atoms with Crippen molar-refractivity contribution in [1.82, 2.24) is 0 Å². The standard InChI is InChI=1S/C5H6N.V.W.Y/c1-2-3-4-5-6;;;/h4H,6H2,1H3;;;/q-1;;;. The number of allylic oxidation sites excluding steroid dienone is 1. The molecule has 0 rings (SSSR count). The molecule has 46 valence electrons. The Morgan fingerprint density at radius 1 is 1.78 bits per heavy atom. The summed E-state index contributed by atoms with van der Waals surface area (Å²) in [5.74, 6) is 0. The van der Waals surface area contributed by atoms with E-state index in [0.717, 1.165) is 8.25 Å². The molecule has 0 saturated carbocycles. The molecule has 0 aliphatic rings. The zero-order valence-electron chi connectivity index (χ0n) is 5.09. The molecule has 0 atom stereocenters. The zero-order chi connectivity index (χ0) is 6.57. The van der Waals surface area contributed by atoms with Crippen molar-refractivity contribution in [1.29, 1.82) is 0 Å². The topological polar surface area (TPSA) is 26.0 Å². The average Bonchev–Trinajstić information content (AvgIpc) is 1.61. The van der Waals surface area contributed by atoms with E-state index in [2.05, 4.69) is 23.1 Å². The van der Waals surface area contributed by atoms with E-state index >= 15 is 0 Å². The van der Waals surface area contributed by atoms with Gasteiger partial charge in [0, 0.05) is 32.7 Å². The second-order valence-corrected chi connectivity index (χ2v) is 4.02. The Kier molecular flexibility index (Phi) is 11.8. The van der Waals surface area contributed by atoms with Gasteiger partial charge in [0.25, 0.3) is 0 Å². The Morgan fingerprint density at radius 3 is 2.33 bits per heavy atom. The second-order valence-electron chi connectivity index (χ2n) is 1.28. The summed E-state index contributed by atoms with van der Waals surface area (Å²) in [5.41, 5.74) is 5.36. The van der Waals surface area contributed by atoms with Crippen LogP contribution in [0.4, 0.5) is 0 Å². The van der Waals surface area contributed by atoms with Gasteiger partial charge in [0.1, 0.15) is 0 Å². The molecule has 1 nitrogen and oxygen atoms in total. The zero-order valence-corrected chi connectivity index (χ0v) is 12.3. The Morgan fingerprint density at radius 2 is 2.22 bits per heavy atom. The summed E-state index contributed by atoms with van der Waals surface area (Å²) < 4.78 is 1.97. The minimum absolute atomic E-state index is 0. The molecule has 0 heterocycles. The number of hydrogen-bond donors (Lipinski definition) is 1. The third-order valence-corrected chi connectivity index (χ3v) is 1.05. The molecule has 0 aromatic carbocycles. The Labute approximate surface area is 101 Å². The van der Waals surface area contributed by atoms with Crippen molar-refractivity contribution in [3.05, 3.63) is 12.2 Å². The summed E-state index contributed by atoms with van der Waals surface area (Å²) in [6.45, 7) is 1.97. The maximum Gasteiger partial charge on any atom is 0 e. The van der Waals surface area contributed by atoms with Crippen LogP contribution in [0, 0.1) is 6.08 Å². The monoisotopic (exact) mass is 404 g/mol. The van der Waals surface area contributed by atoms with Gasteiger partial charge in [0.15, 0.2) is 0 Å². The van der Waals surface area contributed by atoms with Gasteiger partial charge in [-0.1, -0.05) is 0 Å². The summed E-state index contributed by atoms with van der Waals surface area (Å²) in [6.07, 6.45) is 4.76. The van der Waals surface area contributed by atoms with Crippen LogP contribution in [0.2, 0.25) is 0 Å². The van der Waals surface area contributed by atoms with Crippen molar-refractivity contribution < 1.29 is 69.0 Å². The van der Waals surface area contributed by atoms with E-state index in [4.69, 9.17) is 5.73 Å². The first kappa shape index (κ1) is 13.4. The molecule has 0 fully saturated rings. The Bertz CT molecular complexity index is 128. The molecular weight excluding hydrogens is 398 g/mol.